The van der Waals surface area contributed by atoms with Gasteiger partial charge in [-0.25, -0.2) is 9.36 Å². The number of nitro benzene ring substituents is 1. The molecule has 3 aromatic rings. The Morgan fingerprint density at radius 2 is 1.93 bits per heavy atom. The lowest BCUT2D eigenvalue weighted by molar-refractivity contribution is -0.717. The van der Waals surface area contributed by atoms with Crippen LogP contribution in [-0.2, 0) is 37.1 Å². The highest BCUT2D eigenvalue weighted by molar-refractivity contribution is 8.00. The van der Waals surface area contributed by atoms with Crippen molar-refractivity contribution in [1.82, 2.24) is 9.30 Å². The van der Waals surface area contributed by atoms with Crippen molar-refractivity contribution in [3.8, 4) is 0 Å². The Hall–Kier alpha value is -4.28. The number of fused-ring (bicyclic) bond motifs is 2. The number of carbonyl (C=O) groups is 4. The molecule has 14 nitrogen and oxygen atoms in total. The molecule has 16 heteroatoms. The lowest BCUT2D eigenvalue weighted by Gasteiger charge is -2.46. The number of imidazole rings is 1. The van der Waals surface area contributed by atoms with Crippen LogP contribution in [0.1, 0.15) is 24.3 Å². The zero-order chi connectivity index (χ0) is 30.5. The Morgan fingerprint density at radius 3 is 2.52 bits per heavy atom. The number of hydrogen-bond donors (Lipinski definition) is 3. The standard InChI is InChI=1S/C26H26N6O8S2/c1-12-19(16-7-29-11-30(8-17(27)34)24(25(29)42-16)41-10-18(28)35)22(31-21(12)20(13(2)33)23(31)36)26(37)40-9-14-3-5-15(6-4-14)32(38)39/h3-7,11-13,20-21,33H,8-10H2,1-2H3,(H3-,27,28,34,35)/p+1/t12-,13+,20+,21+/m0/s1. The van der Waals surface area contributed by atoms with E-state index in [1.54, 1.807) is 21.5 Å². The summed E-state index contributed by atoms with van der Waals surface area (Å²) in [6.45, 7) is 3.11. The first kappa shape index (κ1) is 29.2. The molecule has 220 valence electrons. The zero-order valence-corrected chi connectivity index (χ0v) is 24.1. The minimum Gasteiger partial charge on any atom is -0.456 e. The first-order valence-electron chi connectivity index (χ1n) is 12.8. The van der Waals surface area contributed by atoms with Gasteiger partial charge in [-0.2, -0.15) is 4.40 Å². The minimum atomic E-state index is -0.929. The summed E-state index contributed by atoms with van der Waals surface area (Å²) in [6, 6.07) is 5.11. The molecule has 0 spiro atoms. The maximum Gasteiger partial charge on any atom is 0.355 e. The van der Waals surface area contributed by atoms with Crippen LogP contribution in [0.3, 0.4) is 0 Å². The van der Waals surface area contributed by atoms with Gasteiger partial charge in [0.2, 0.25) is 21.7 Å². The fourth-order valence-corrected chi connectivity index (χ4v) is 7.70. The van der Waals surface area contributed by atoms with Crippen LogP contribution in [-0.4, -0.2) is 60.9 Å². The molecule has 2 aliphatic heterocycles. The second kappa shape index (κ2) is 11.2. The van der Waals surface area contributed by atoms with Crippen LogP contribution in [0.2, 0.25) is 0 Å². The Balaban J connectivity index is 1.53. The number of nitrogens with zero attached hydrogens (tertiary/aromatic N) is 4. The molecule has 0 radical (unpaired) electrons. The summed E-state index contributed by atoms with van der Waals surface area (Å²) in [4.78, 5) is 62.9. The monoisotopic (exact) mass is 615 g/mol. The van der Waals surface area contributed by atoms with Crippen molar-refractivity contribution in [2.75, 3.05) is 5.75 Å². The highest BCUT2D eigenvalue weighted by atomic mass is 32.2. The van der Waals surface area contributed by atoms with E-state index in [2.05, 4.69) is 0 Å². The summed E-state index contributed by atoms with van der Waals surface area (Å²) in [5.41, 5.74) is 11.8. The topological polar surface area (TPSA) is 204 Å². The smallest absolute Gasteiger partial charge is 0.355 e. The van der Waals surface area contributed by atoms with Crippen LogP contribution in [0.25, 0.3) is 10.4 Å². The number of non-ortho nitro benzene ring substituents is 1. The van der Waals surface area contributed by atoms with Gasteiger partial charge in [-0.3, -0.25) is 24.5 Å². The minimum absolute atomic E-state index is 0.0363. The van der Waals surface area contributed by atoms with Gasteiger partial charge in [0.25, 0.3) is 17.9 Å². The van der Waals surface area contributed by atoms with Crippen molar-refractivity contribution in [3.63, 3.8) is 0 Å². The number of aromatic nitrogens is 2. The van der Waals surface area contributed by atoms with Gasteiger partial charge >= 0.3 is 5.97 Å². The summed E-state index contributed by atoms with van der Waals surface area (Å²) in [6.07, 6.45) is 2.48. The number of amides is 3. The molecule has 1 aromatic carbocycles. The lowest BCUT2D eigenvalue weighted by Crippen LogP contribution is -2.63. The van der Waals surface area contributed by atoms with Crippen molar-refractivity contribution < 1.29 is 38.5 Å². The maximum absolute atomic E-state index is 13.6. The van der Waals surface area contributed by atoms with Gasteiger partial charge < -0.3 is 26.2 Å². The average Bonchev–Trinajstić information content (AvgIpc) is 3.53. The number of ether oxygens (including phenoxy) is 1. The molecule has 0 saturated carbocycles. The van der Waals surface area contributed by atoms with Crippen LogP contribution in [0, 0.1) is 22.0 Å². The van der Waals surface area contributed by atoms with Gasteiger partial charge in [-0.05, 0) is 24.6 Å². The van der Waals surface area contributed by atoms with E-state index in [9.17, 15) is 34.4 Å². The molecular formula is C26H27N6O8S2+. The molecule has 5 N–H and O–H groups in total. The fraction of sp³-hybridized carbons (Fsp3) is 0.346. The molecule has 2 aliphatic rings. The summed E-state index contributed by atoms with van der Waals surface area (Å²) >= 11 is 2.44. The van der Waals surface area contributed by atoms with Crippen LogP contribution in [0.4, 0.5) is 5.69 Å². The summed E-state index contributed by atoms with van der Waals surface area (Å²) in [7, 11) is 0. The predicted octanol–water partition coefficient (Wildman–Crippen LogP) is 0.571. The zero-order valence-electron chi connectivity index (χ0n) is 22.5. The third-order valence-corrected chi connectivity index (χ3v) is 9.63. The highest BCUT2D eigenvalue weighted by Gasteiger charge is 2.60. The van der Waals surface area contributed by atoms with E-state index in [1.165, 1.54) is 47.4 Å². The van der Waals surface area contributed by atoms with E-state index < -0.39 is 40.8 Å². The van der Waals surface area contributed by atoms with Crippen molar-refractivity contribution in [2.45, 2.75) is 44.2 Å². The number of thiazole rings is 1. The van der Waals surface area contributed by atoms with Crippen molar-refractivity contribution in [1.29, 1.82) is 0 Å². The van der Waals surface area contributed by atoms with Crippen molar-refractivity contribution in [2.24, 2.45) is 23.3 Å². The Morgan fingerprint density at radius 1 is 1.24 bits per heavy atom. The first-order chi connectivity index (χ1) is 19.9. The number of esters is 1. The van der Waals surface area contributed by atoms with E-state index in [4.69, 9.17) is 16.2 Å². The molecule has 0 aliphatic carbocycles. The third kappa shape index (κ3) is 5.12. The van der Waals surface area contributed by atoms with Gasteiger partial charge in [-0.15, -0.1) is 0 Å². The first-order valence-corrected chi connectivity index (χ1v) is 14.6. The molecule has 42 heavy (non-hydrogen) atoms. The Kier molecular flexibility index (Phi) is 7.78. The largest absolute Gasteiger partial charge is 0.456 e. The van der Waals surface area contributed by atoms with Gasteiger partial charge in [0.15, 0.2) is 6.54 Å². The van der Waals surface area contributed by atoms with E-state index in [1.807, 2.05) is 6.92 Å². The number of benzene rings is 1. The van der Waals surface area contributed by atoms with Crippen LogP contribution in [0.15, 0.2) is 47.5 Å². The molecular weight excluding hydrogens is 588 g/mol. The molecule has 1 fully saturated rings. The van der Waals surface area contributed by atoms with Crippen LogP contribution >= 0.6 is 23.1 Å². The van der Waals surface area contributed by atoms with E-state index in [0.29, 0.717) is 25.9 Å². The van der Waals surface area contributed by atoms with E-state index in [-0.39, 0.29) is 42.1 Å². The number of β-lactam (4-membered cyclic amide) rings is 1. The number of nitro groups is 1. The number of primary amides is 2. The van der Waals surface area contributed by atoms with Gasteiger partial charge in [0, 0.05) is 23.6 Å². The number of aliphatic hydroxyl groups excluding tert-OH is 1. The predicted molar refractivity (Wildman–Crippen MR) is 149 cm³/mol. The number of hydrogen-bond acceptors (Lipinski definition) is 10. The molecule has 0 bridgehead atoms. The number of nitrogens with two attached hydrogens (primary N) is 2. The molecule has 2 aromatic heterocycles. The maximum atomic E-state index is 13.6. The number of carbonyl (C=O) groups excluding carboxylic acids is 4. The molecule has 3 amide bonds. The molecule has 5 rings (SSSR count). The molecule has 4 atom stereocenters. The third-order valence-electron chi connectivity index (χ3n) is 7.23. The quantitative estimate of drug-likeness (QED) is 0.0688. The number of thioether (sulfide) groups is 1. The fourth-order valence-electron chi connectivity index (χ4n) is 5.44. The van der Waals surface area contributed by atoms with Gasteiger partial charge in [0.1, 0.15) is 18.5 Å². The van der Waals surface area contributed by atoms with E-state index >= 15 is 0 Å². The SMILES string of the molecule is C[C@@H](O)[C@H]1C(=O)N2C(C(=O)OCc3ccc([N+](=O)[O-])cc3)=C(c3cn4c[n+](CC(N)=O)c(SCC(N)=O)c4s3)[C@H](C)[C@H]12. The number of rotatable bonds is 11. The number of aliphatic hydroxyl groups is 1. The van der Waals surface area contributed by atoms with E-state index in [0.717, 1.165) is 11.8 Å². The van der Waals surface area contributed by atoms with Gasteiger partial charge in [0.05, 0.1) is 33.6 Å². The second-order valence-corrected chi connectivity index (χ2v) is 12.1. The average molecular weight is 616 g/mol. The summed E-state index contributed by atoms with van der Waals surface area (Å²) in [5, 5.41) is 21.8. The summed E-state index contributed by atoms with van der Waals surface area (Å²) < 4.78 is 8.93. The van der Waals surface area contributed by atoms with Gasteiger partial charge in [-0.1, -0.05) is 30.0 Å². The van der Waals surface area contributed by atoms with Crippen LogP contribution < -0.4 is 16.0 Å². The van der Waals surface area contributed by atoms with Crippen molar-refractivity contribution in [3.05, 3.63) is 63.0 Å². The molecule has 0 unspecified atom stereocenters. The summed E-state index contributed by atoms with van der Waals surface area (Å²) in [5.74, 6) is -3.33. The Labute approximate surface area is 246 Å². The molecule has 1 saturated heterocycles. The van der Waals surface area contributed by atoms with Crippen LogP contribution in [0.5, 0.6) is 0 Å². The Bertz CT molecular complexity index is 1660. The normalized spacial score (nSPS) is 20.4. The highest BCUT2D eigenvalue weighted by Crippen LogP contribution is 2.52. The van der Waals surface area contributed by atoms with Crippen molar-refractivity contribution >= 4 is 62.9 Å². The lowest BCUT2D eigenvalue weighted by atomic mass is 9.77. The second-order valence-electron chi connectivity index (χ2n) is 10.1. The molecule has 4 heterocycles.